The first-order valence-corrected chi connectivity index (χ1v) is 12.1. The summed E-state index contributed by atoms with van der Waals surface area (Å²) in [4.78, 5) is 43.0. The van der Waals surface area contributed by atoms with E-state index in [1.807, 2.05) is 48.5 Å². The quantitative estimate of drug-likeness (QED) is 0.318. The van der Waals surface area contributed by atoms with E-state index in [4.69, 9.17) is 9.47 Å². The molecule has 0 saturated heterocycles. The monoisotopic (exact) mass is 498 g/mol. The summed E-state index contributed by atoms with van der Waals surface area (Å²) >= 11 is 1.27. The second-order valence-corrected chi connectivity index (χ2v) is 9.31. The van der Waals surface area contributed by atoms with Crippen LogP contribution in [-0.2, 0) is 14.3 Å². The standard InChI is InChI=1S/C28H22N2O5S/c1-16-24(27(33)34-3)25(19-11-13-21(14-12-19)35-17(2)31)30-26(32)23(36-28(30)29-16)15-20-9-6-8-18-7-4-5-10-22(18)20/h4-15,25H,1-3H3/t25-/m1/s1. The molecule has 1 aliphatic rings. The summed E-state index contributed by atoms with van der Waals surface area (Å²) in [7, 11) is 1.30. The average molecular weight is 499 g/mol. The molecule has 180 valence electrons. The summed E-state index contributed by atoms with van der Waals surface area (Å²) in [5.74, 6) is -0.626. The predicted octanol–water partition coefficient (Wildman–Crippen LogP) is 3.49. The van der Waals surface area contributed by atoms with Gasteiger partial charge in [0.25, 0.3) is 5.56 Å². The van der Waals surface area contributed by atoms with Gasteiger partial charge in [-0.05, 0) is 47.0 Å². The molecule has 0 aliphatic carbocycles. The Morgan fingerprint density at radius 3 is 2.47 bits per heavy atom. The number of carbonyl (C=O) groups excluding carboxylic acids is 2. The van der Waals surface area contributed by atoms with Crippen molar-refractivity contribution in [3.05, 3.63) is 109 Å². The fraction of sp³-hybridized carbons (Fsp3) is 0.143. The molecular weight excluding hydrogens is 476 g/mol. The van der Waals surface area contributed by atoms with Crippen LogP contribution >= 0.6 is 11.3 Å². The largest absolute Gasteiger partial charge is 0.466 e. The molecule has 0 spiro atoms. The number of rotatable bonds is 4. The summed E-state index contributed by atoms with van der Waals surface area (Å²) in [5.41, 5.74) is 2.09. The molecule has 0 N–H and O–H groups in total. The first kappa shape index (κ1) is 23.4. The number of ether oxygens (including phenoxy) is 2. The van der Waals surface area contributed by atoms with Crippen molar-refractivity contribution in [2.75, 3.05) is 7.11 Å². The van der Waals surface area contributed by atoms with Gasteiger partial charge in [-0.15, -0.1) is 0 Å². The second-order valence-electron chi connectivity index (χ2n) is 8.30. The SMILES string of the molecule is COC(=O)C1=C(C)N=c2sc(=Cc3cccc4ccccc34)c(=O)n2[C@@H]1c1ccc(OC(C)=O)cc1. The third-order valence-electron chi connectivity index (χ3n) is 5.99. The van der Waals surface area contributed by atoms with Crippen LogP contribution in [0.5, 0.6) is 5.75 Å². The van der Waals surface area contributed by atoms with Crippen LogP contribution in [0.3, 0.4) is 0 Å². The van der Waals surface area contributed by atoms with Crippen LogP contribution < -0.4 is 19.6 Å². The maximum absolute atomic E-state index is 13.8. The van der Waals surface area contributed by atoms with Crippen molar-refractivity contribution >= 4 is 40.1 Å². The number of allylic oxidation sites excluding steroid dienone is 1. The van der Waals surface area contributed by atoms with Gasteiger partial charge in [0.05, 0.1) is 29.0 Å². The van der Waals surface area contributed by atoms with Crippen molar-refractivity contribution in [2.24, 2.45) is 4.99 Å². The second kappa shape index (κ2) is 9.39. The fourth-order valence-corrected chi connectivity index (χ4v) is 5.45. The maximum Gasteiger partial charge on any atom is 0.338 e. The predicted molar refractivity (Wildman–Crippen MR) is 137 cm³/mol. The molecular formula is C28H22N2O5S. The Balaban J connectivity index is 1.71. The van der Waals surface area contributed by atoms with Crippen LogP contribution in [0.15, 0.2) is 87.8 Å². The number of thiazole rings is 1. The highest BCUT2D eigenvalue weighted by atomic mass is 32.1. The molecule has 0 radical (unpaired) electrons. The molecule has 0 amide bonds. The maximum atomic E-state index is 13.8. The van der Waals surface area contributed by atoms with Crippen molar-refractivity contribution in [1.82, 2.24) is 4.57 Å². The molecule has 8 heteroatoms. The number of aromatic nitrogens is 1. The van der Waals surface area contributed by atoms with Crippen LogP contribution in [0, 0.1) is 0 Å². The van der Waals surface area contributed by atoms with Crippen LogP contribution in [0.1, 0.15) is 31.0 Å². The smallest absolute Gasteiger partial charge is 0.338 e. The molecule has 1 atom stereocenters. The first-order chi connectivity index (χ1) is 17.4. The minimum Gasteiger partial charge on any atom is -0.466 e. The Bertz CT molecular complexity index is 1720. The van der Waals surface area contributed by atoms with Gasteiger partial charge in [-0.3, -0.25) is 14.2 Å². The highest BCUT2D eigenvalue weighted by Crippen LogP contribution is 2.31. The topological polar surface area (TPSA) is 87.0 Å². The minimum atomic E-state index is -0.741. The summed E-state index contributed by atoms with van der Waals surface area (Å²) in [5, 5.41) is 2.11. The third-order valence-corrected chi connectivity index (χ3v) is 6.98. The van der Waals surface area contributed by atoms with Gasteiger partial charge in [0.15, 0.2) is 4.80 Å². The van der Waals surface area contributed by atoms with E-state index in [9.17, 15) is 14.4 Å². The van der Waals surface area contributed by atoms with Gasteiger partial charge in [-0.2, -0.15) is 0 Å². The zero-order valence-electron chi connectivity index (χ0n) is 19.8. The van der Waals surface area contributed by atoms with Crippen LogP contribution in [-0.4, -0.2) is 23.6 Å². The van der Waals surface area contributed by atoms with E-state index in [0.717, 1.165) is 16.3 Å². The molecule has 0 bridgehead atoms. The number of benzene rings is 3. The lowest BCUT2D eigenvalue weighted by Crippen LogP contribution is -2.39. The zero-order chi connectivity index (χ0) is 25.4. The van der Waals surface area contributed by atoms with Crippen LogP contribution in [0.25, 0.3) is 16.8 Å². The zero-order valence-corrected chi connectivity index (χ0v) is 20.7. The van der Waals surface area contributed by atoms with E-state index in [1.54, 1.807) is 31.2 Å². The van der Waals surface area contributed by atoms with Crippen molar-refractivity contribution in [1.29, 1.82) is 0 Å². The molecule has 1 aliphatic heterocycles. The van der Waals surface area contributed by atoms with Gasteiger partial charge in [-0.25, -0.2) is 9.79 Å². The summed E-state index contributed by atoms with van der Waals surface area (Å²) < 4.78 is 12.2. The van der Waals surface area contributed by atoms with Crippen molar-refractivity contribution in [2.45, 2.75) is 19.9 Å². The summed E-state index contributed by atoms with van der Waals surface area (Å²) in [6.45, 7) is 3.05. The van der Waals surface area contributed by atoms with Gasteiger partial charge in [0.1, 0.15) is 5.75 Å². The molecule has 7 nitrogen and oxygen atoms in total. The number of nitrogens with zero attached hydrogens (tertiary/aromatic N) is 2. The van der Waals surface area contributed by atoms with Gasteiger partial charge >= 0.3 is 11.9 Å². The van der Waals surface area contributed by atoms with E-state index in [1.165, 1.54) is 29.9 Å². The van der Waals surface area contributed by atoms with Gasteiger partial charge in [0, 0.05) is 6.92 Å². The molecule has 5 rings (SSSR count). The minimum absolute atomic E-state index is 0.255. The van der Waals surface area contributed by atoms with E-state index < -0.39 is 18.0 Å². The van der Waals surface area contributed by atoms with Crippen molar-refractivity contribution < 1.29 is 19.1 Å². The lowest BCUT2D eigenvalue weighted by atomic mass is 9.96. The average Bonchev–Trinajstić information content (AvgIpc) is 3.17. The number of hydrogen-bond acceptors (Lipinski definition) is 7. The van der Waals surface area contributed by atoms with Crippen LogP contribution in [0.2, 0.25) is 0 Å². The summed E-state index contributed by atoms with van der Waals surface area (Å²) in [6.07, 6.45) is 1.87. The normalized spacial score (nSPS) is 15.4. The molecule has 2 heterocycles. The fourth-order valence-electron chi connectivity index (χ4n) is 4.41. The highest BCUT2D eigenvalue weighted by Gasteiger charge is 2.33. The van der Waals surface area contributed by atoms with Crippen LogP contribution in [0.4, 0.5) is 0 Å². The molecule has 36 heavy (non-hydrogen) atoms. The van der Waals surface area contributed by atoms with Crippen molar-refractivity contribution in [3.63, 3.8) is 0 Å². The number of esters is 2. The Hall–Kier alpha value is -4.30. The van der Waals surface area contributed by atoms with Gasteiger partial charge < -0.3 is 9.47 Å². The Morgan fingerprint density at radius 2 is 1.75 bits per heavy atom. The van der Waals surface area contributed by atoms with E-state index in [-0.39, 0.29) is 11.1 Å². The number of methoxy groups -OCH3 is 1. The Labute approximate surface area is 210 Å². The van der Waals surface area contributed by atoms with Gasteiger partial charge in [-0.1, -0.05) is 65.9 Å². The Morgan fingerprint density at radius 1 is 1.03 bits per heavy atom. The first-order valence-electron chi connectivity index (χ1n) is 11.2. The highest BCUT2D eigenvalue weighted by molar-refractivity contribution is 7.07. The molecule has 0 unspecified atom stereocenters. The number of carbonyl (C=O) groups is 2. The molecule has 1 aromatic heterocycles. The molecule has 0 saturated carbocycles. The molecule has 3 aromatic carbocycles. The summed E-state index contributed by atoms with van der Waals surface area (Å²) in [6, 6.07) is 19.9. The van der Waals surface area contributed by atoms with Crippen molar-refractivity contribution in [3.8, 4) is 5.75 Å². The Kier molecular flexibility index (Phi) is 6.12. The number of hydrogen-bond donors (Lipinski definition) is 0. The lowest BCUT2D eigenvalue weighted by molar-refractivity contribution is -0.136. The molecule has 4 aromatic rings. The third kappa shape index (κ3) is 4.16. The van der Waals surface area contributed by atoms with E-state index in [2.05, 4.69) is 4.99 Å². The van der Waals surface area contributed by atoms with Gasteiger partial charge in [0.2, 0.25) is 0 Å². The molecule has 0 fully saturated rings. The lowest BCUT2D eigenvalue weighted by Gasteiger charge is -2.24. The van der Waals surface area contributed by atoms with E-state index >= 15 is 0 Å². The van der Waals surface area contributed by atoms with E-state index in [0.29, 0.717) is 26.3 Å². The number of fused-ring (bicyclic) bond motifs is 2.